The summed E-state index contributed by atoms with van der Waals surface area (Å²) in [4.78, 5) is 15.8. The molecule has 30 heavy (non-hydrogen) atoms. The van der Waals surface area contributed by atoms with Gasteiger partial charge in [0.05, 0.1) is 12.1 Å². The second kappa shape index (κ2) is 8.88. The van der Waals surface area contributed by atoms with Crippen LogP contribution in [0.4, 0.5) is 5.82 Å². The first-order chi connectivity index (χ1) is 14.7. The highest BCUT2D eigenvalue weighted by Gasteiger charge is 2.13. The molecule has 4 rings (SSSR count). The van der Waals surface area contributed by atoms with E-state index in [0.717, 1.165) is 39.2 Å². The van der Waals surface area contributed by atoms with Crippen LogP contribution < -0.4 is 9.64 Å². The van der Waals surface area contributed by atoms with Crippen LogP contribution in [-0.4, -0.2) is 49.4 Å². The smallest absolute Gasteiger partial charge is 0.163 e. The number of pyridine rings is 1. The third-order valence-electron chi connectivity index (χ3n) is 4.74. The van der Waals surface area contributed by atoms with Crippen molar-refractivity contribution in [3.8, 4) is 28.3 Å². The molecule has 6 heteroatoms. The van der Waals surface area contributed by atoms with Crippen LogP contribution >= 0.6 is 0 Å². The Morgan fingerprint density at radius 1 is 0.867 bits per heavy atom. The van der Waals surface area contributed by atoms with Crippen LogP contribution in [0.15, 0.2) is 67.0 Å². The first kappa shape index (κ1) is 19.8. The molecule has 2 aromatic heterocycles. The number of hydrogen-bond donors (Lipinski definition) is 0. The van der Waals surface area contributed by atoms with E-state index in [1.165, 1.54) is 0 Å². The highest BCUT2D eigenvalue weighted by molar-refractivity contribution is 5.94. The molecule has 0 aliphatic heterocycles. The number of methoxy groups -OCH3 is 1. The van der Waals surface area contributed by atoms with Gasteiger partial charge >= 0.3 is 0 Å². The number of benzene rings is 2. The van der Waals surface area contributed by atoms with Crippen LogP contribution in [0, 0.1) is 0 Å². The van der Waals surface area contributed by atoms with E-state index >= 15 is 0 Å². The van der Waals surface area contributed by atoms with Crippen LogP contribution in [0.2, 0.25) is 0 Å². The van der Waals surface area contributed by atoms with Crippen molar-refractivity contribution in [2.45, 2.75) is 0 Å². The van der Waals surface area contributed by atoms with Gasteiger partial charge in [0.25, 0.3) is 0 Å². The summed E-state index contributed by atoms with van der Waals surface area (Å²) in [5.41, 5.74) is 3.95. The lowest BCUT2D eigenvalue weighted by molar-refractivity contribution is 0.146. The number of hydrogen-bond acceptors (Lipinski definition) is 6. The molecule has 0 saturated heterocycles. The lowest BCUT2D eigenvalue weighted by Crippen LogP contribution is -2.12. The van der Waals surface area contributed by atoms with Gasteiger partial charge in [-0.3, -0.25) is 4.98 Å². The third-order valence-corrected chi connectivity index (χ3v) is 4.74. The van der Waals surface area contributed by atoms with Crippen molar-refractivity contribution in [2.24, 2.45) is 0 Å². The molecule has 0 spiro atoms. The molecular weight excluding hydrogens is 376 g/mol. The molecule has 0 bridgehead atoms. The van der Waals surface area contributed by atoms with Crippen LogP contribution in [0.5, 0.6) is 5.75 Å². The summed E-state index contributed by atoms with van der Waals surface area (Å²) >= 11 is 0. The normalized spacial score (nSPS) is 10.9. The molecule has 4 aromatic rings. The average molecular weight is 400 g/mol. The summed E-state index contributed by atoms with van der Waals surface area (Å²) < 4.78 is 10.8. The number of fused-ring (bicyclic) bond motifs is 1. The lowest BCUT2D eigenvalue weighted by Gasteiger charge is -2.16. The Balaban J connectivity index is 1.76. The van der Waals surface area contributed by atoms with Crippen LogP contribution in [-0.2, 0) is 4.74 Å². The molecule has 6 nitrogen and oxygen atoms in total. The molecule has 0 unspecified atom stereocenters. The van der Waals surface area contributed by atoms with Crippen molar-refractivity contribution >= 4 is 16.7 Å². The minimum absolute atomic E-state index is 0.521. The Morgan fingerprint density at radius 3 is 2.47 bits per heavy atom. The van der Waals surface area contributed by atoms with E-state index in [4.69, 9.17) is 19.4 Å². The molecule has 2 heterocycles. The maximum Gasteiger partial charge on any atom is 0.163 e. The van der Waals surface area contributed by atoms with Gasteiger partial charge in [-0.15, -0.1) is 0 Å². The van der Waals surface area contributed by atoms with Gasteiger partial charge in [-0.05, 0) is 47.5 Å². The third kappa shape index (κ3) is 4.23. The predicted molar refractivity (Wildman–Crippen MR) is 120 cm³/mol. The van der Waals surface area contributed by atoms with Crippen LogP contribution in [0.1, 0.15) is 0 Å². The molecule has 0 atom stereocenters. The molecule has 2 aromatic carbocycles. The highest BCUT2D eigenvalue weighted by Crippen LogP contribution is 2.31. The summed E-state index contributed by atoms with van der Waals surface area (Å²) in [5, 5.41) is 0.996. The van der Waals surface area contributed by atoms with Gasteiger partial charge in [-0.1, -0.05) is 18.2 Å². The zero-order valence-corrected chi connectivity index (χ0v) is 17.4. The second-order valence-corrected chi connectivity index (χ2v) is 7.11. The number of anilines is 1. The van der Waals surface area contributed by atoms with E-state index in [2.05, 4.69) is 23.2 Å². The summed E-state index contributed by atoms with van der Waals surface area (Å²) in [6, 6.07) is 18.2. The molecule has 0 saturated carbocycles. The monoisotopic (exact) mass is 400 g/mol. The molecule has 0 amide bonds. The fourth-order valence-electron chi connectivity index (χ4n) is 3.27. The minimum atomic E-state index is 0.521. The molecule has 0 N–H and O–H groups in total. The second-order valence-electron chi connectivity index (χ2n) is 7.11. The fraction of sp³-hybridized carbons (Fsp3) is 0.208. The largest absolute Gasteiger partial charge is 0.491 e. The number of aromatic nitrogens is 3. The van der Waals surface area contributed by atoms with Crippen molar-refractivity contribution in [2.75, 3.05) is 39.3 Å². The highest BCUT2D eigenvalue weighted by atomic mass is 16.5. The minimum Gasteiger partial charge on any atom is -0.491 e. The quantitative estimate of drug-likeness (QED) is 0.427. The summed E-state index contributed by atoms with van der Waals surface area (Å²) in [6.07, 6.45) is 3.53. The summed E-state index contributed by atoms with van der Waals surface area (Å²) in [6.45, 7) is 1.08. The topological polar surface area (TPSA) is 60.4 Å². The van der Waals surface area contributed by atoms with Gasteiger partial charge in [-0.25, -0.2) is 9.97 Å². The maximum absolute atomic E-state index is 5.76. The molecule has 0 aliphatic carbocycles. The molecule has 0 fully saturated rings. The van der Waals surface area contributed by atoms with E-state index in [-0.39, 0.29) is 0 Å². The van der Waals surface area contributed by atoms with Crippen molar-refractivity contribution in [3.63, 3.8) is 0 Å². The first-order valence-corrected chi connectivity index (χ1v) is 9.77. The van der Waals surface area contributed by atoms with E-state index in [1.54, 1.807) is 19.5 Å². The summed E-state index contributed by atoms with van der Waals surface area (Å²) in [7, 11) is 5.65. The molecular formula is C24H24N4O2. The van der Waals surface area contributed by atoms with E-state index in [1.807, 2.05) is 55.4 Å². The van der Waals surface area contributed by atoms with Crippen molar-refractivity contribution < 1.29 is 9.47 Å². The molecule has 0 radical (unpaired) electrons. The Kier molecular flexibility index (Phi) is 5.86. The lowest BCUT2D eigenvalue weighted by atomic mass is 10.0. The van der Waals surface area contributed by atoms with Crippen LogP contribution in [0.3, 0.4) is 0 Å². The SMILES string of the molecule is COCCOc1cccc(-c2ccc3nc(-c4cccnc4)nc(N(C)C)c3c2)c1. The van der Waals surface area contributed by atoms with Gasteiger partial charge in [0, 0.05) is 44.5 Å². The average Bonchev–Trinajstić information content (AvgIpc) is 2.79. The van der Waals surface area contributed by atoms with Gasteiger partial charge in [0.1, 0.15) is 18.2 Å². The number of nitrogens with zero attached hydrogens (tertiary/aromatic N) is 4. The standard InChI is InChI=1S/C24H24N4O2/c1-28(2)24-21-15-18(17-6-4-8-20(14-17)30-13-12-29-3)9-10-22(21)26-23(27-24)19-7-5-11-25-16-19/h4-11,14-16H,12-13H2,1-3H3. The number of rotatable bonds is 7. The van der Waals surface area contributed by atoms with Gasteiger partial charge < -0.3 is 14.4 Å². The van der Waals surface area contributed by atoms with Crippen molar-refractivity contribution in [3.05, 3.63) is 67.0 Å². The Bertz CT molecular complexity index is 1150. The van der Waals surface area contributed by atoms with Crippen molar-refractivity contribution in [1.29, 1.82) is 0 Å². The van der Waals surface area contributed by atoms with Gasteiger partial charge in [0.15, 0.2) is 5.82 Å². The summed E-state index contributed by atoms with van der Waals surface area (Å²) in [5.74, 6) is 2.36. The fourth-order valence-corrected chi connectivity index (χ4v) is 3.27. The maximum atomic E-state index is 5.76. The Hall–Kier alpha value is -3.51. The van der Waals surface area contributed by atoms with E-state index in [0.29, 0.717) is 19.0 Å². The van der Waals surface area contributed by atoms with E-state index < -0.39 is 0 Å². The van der Waals surface area contributed by atoms with Crippen molar-refractivity contribution in [1.82, 2.24) is 15.0 Å². The Morgan fingerprint density at radius 2 is 1.70 bits per heavy atom. The predicted octanol–water partition coefficient (Wildman–Crippen LogP) is 4.45. The zero-order valence-electron chi connectivity index (χ0n) is 17.4. The van der Waals surface area contributed by atoms with Gasteiger partial charge in [-0.2, -0.15) is 0 Å². The first-order valence-electron chi connectivity index (χ1n) is 9.77. The van der Waals surface area contributed by atoms with Gasteiger partial charge in [0.2, 0.25) is 0 Å². The van der Waals surface area contributed by atoms with Crippen LogP contribution in [0.25, 0.3) is 33.4 Å². The van der Waals surface area contributed by atoms with E-state index in [9.17, 15) is 0 Å². The molecule has 0 aliphatic rings. The Labute approximate surface area is 176 Å². The number of ether oxygens (including phenoxy) is 2. The molecule has 152 valence electrons. The zero-order chi connectivity index (χ0) is 20.9.